The van der Waals surface area contributed by atoms with E-state index in [9.17, 15) is 0 Å². The molecule has 0 bridgehead atoms. The number of hydrogen-bond donors (Lipinski definition) is 1. The van der Waals surface area contributed by atoms with E-state index in [2.05, 4.69) is 16.7 Å². The lowest BCUT2D eigenvalue weighted by molar-refractivity contribution is 0.0264. The van der Waals surface area contributed by atoms with E-state index in [1.165, 1.54) is 77.7 Å². The van der Waals surface area contributed by atoms with Crippen molar-refractivity contribution in [2.45, 2.75) is 57.4 Å². The molecular weight excluding hydrogens is 246 g/mol. The first-order chi connectivity index (χ1) is 9.74. The molecule has 3 aliphatic rings. The van der Waals surface area contributed by atoms with E-state index in [1.54, 1.807) is 0 Å². The summed E-state index contributed by atoms with van der Waals surface area (Å²) in [7, 11) is 0. The van der Waals surface area contributed by atoms with Crippen LogP contribution in [0.2, 0.25) is 0 Å². The van der Waals surface area contributed by atoms with Crippen LogP contribution in [-0.4, -0.2) is 54.6 Å². The van der Waals surface area contributed by atoms with Crippen LogP contribution in [0.5, 0.6) is 0 Å². The monoisotopic (exact) mass is 279 g/mol. The van der Waals surface area contributed by atoms with Crippen LogP contribution in [0.25, 0.3) is 0 Å². The third kappa shape index (κ3) is 2.77. The molecular formula is C17H33N3. The van der Waals surface area contributed by atoms with Crippen LogP contribution in [0.4, 0.5) is 0 Å². The van der Waals surface area contributed by atoms with Crippen molar-refractivity contribution >= 4 is 0 Å². The molecule has 2 atom stereocenters. The molecule has 0 amide bonds. The molecule has 2 saturated heterocycles. The normalized spacial score (nSPS) is 37.8. The molecule has 20 heavy (non-hydrogen) atoms. The number of piperidine rings is 1. The van der Waals surface area contributed by atoms with E-state index in [0.717, 1.165) is 18.4 Å². The molecule has 0 aromatic rings. The van der Waals surface area contributed by atoms with Gasteiger partial charge in [-0.2, -0.15) is 0 Å². The van der Waals surface area contributed by atoms with Crippen molar-refractivity contribution in [3.63, 3.8) is 0 Å². The molecule has 116 valence electrons. The standard InChI is InChI=1S/C17H33N3/c1-15-5-4-8-17(15,14-18)20-11-6-16(7-12-20)13-19-9-2-3-10-19/h15-16H,2-14,18H2,1H3. The number of hydrogen-bond acceptors (Lipinski definition) is 3. The third-order valence-electron chi connectivity index (χ3n) is 6.48. The van der Waals surface area contributed by atoms with Gasteiger partial charge in [-0.3, -0.25) is 4.90 Å². The van der Waals surface area contributed by atoms with Gasteiger partial charge in [-0.05, 0) is 76.5 Å². The summed E-state index contributed by atoms with van der Waals surface area (Å²) in [5.41, 5.74) is 6.55. The number of nitrogens with zero attached hydrogens (tertiary/aromatic N) is 2. The van der Waals surface area contributed by atoms with Crippen LogP contribution >= 0.6 is 0 Å². The lowest BCUT2D eigenvalue weighted by atomic mass is 9.83. The average molecular weight is 279 g/mol. The Morgan fingerprint density at radius 3 is 2.25 bits per heavy atom. The second kappa shape index (κ2) is 6.33. The van der Waals surface area contributed by atoms with E-state index >= 15 is 0 Å². The molecule has 2 heterocycles. The fourth-order valence-corrected chi connectivity index (χ4v) is 5.02. The molecule has 0 aromatic heterocycles. The highest BCUT2D eigenvalue weighted by Gasteiger charge is 2.44. The van der Waals surface area contributed by atoms with Crippen LogP contribution in [0.3, 0.4) is 0 Å². The van der Waals surface area contributed by atoms with Crippen molar-refractivity contribution in [2.24, 2.45) is 17.6 Å². The minimum Gasteiger partial charge on any atom is -0.329 e. The molecule has 0 spiro atoms. The van der Waals surface area contributed by atoms with E-state index in [4.69, 9.17) is 5.73 Å². The summed E-state index contributed by atoms with van der Waals surface area (Å²) in [6.07, 6.45) is 9.73. The highest BCUT2D eigenvalue weighted by Crippen LogP contribution is 2.41. The Morgan fingerprint density at radius 1 is 1.00 bits per heavy atom. The van der Waals surface area contributed by atoms with Crippen molar-refractivity contribution in [2.75, 3.05) is 39.3 Å². The first-order valence-electron chi connectivity index (χ1n) is 8.92. The molecule has 3 fully saturated rings. The Balaban J connectivity index is 1.52. The highest BCUT2D eigenvalue weighted by molar-refractivity contribution is 5.01. The molecule has 2 aliphatic heterocycles. The molecule has 0 radical (unpaired) electrons. The summed E-state index contributed by atoms with van der Waals surface area (Å²) in [5.74, 6) is 1.73. The predicted octanol–water partition coefficient (Wildman–Crippen LogP) is 2.31. The smallest absolute Gasteiger partial charge is 0.0357 e. The number of rotatable bonds is 4. The number of nitrogens with two attached hydrogens (primary N) is 1. The molecule has 2 unspecified atom stereocenters. The average Bonchev–Trinajstić information content (AvgIpc) is 3.10. The van der Waals surface area contributed by atoms with Gasteiger partial charge in [0.2, 0.25) is 0 Å². The van der Waals surface area contributed by atoms with E-state index in [-0.39, 0.29) is 0 Å². The van der Waals surface area contributed by atoms with Crippen molar-refractivity contribution in [1.29, 1.82) is 0 Å². The first kappa shape index (κ1) is 14.8. The van der Waals surface area contributed by atoms with Gasteiger partial charge in [0.1, 0.15) is 0 Å². The van der Waals surface area contributed by atoms with Crippen LogP contribution in [0.15, 0.2) is 0 Å². The second-order valence-corrected chi connectivity index (χ2v) is 7.54. The fourth-order valence-electron chi connectivity index (χ4n) is 5.02. The van der Waals surface area contributed by atoms with Crippen LogP contribution < -0.4 is 5.73 Å². The summed E-state index contributed by atoms with van der Waals surface area (Å²) < 4.78 is 0. The Bertz CT molecular complexity index is 305. The van der Waals surface area contributed by atoms with Crippen LogP contribution in [-0.2, 0) is 0 Å². The summed E-state index contributed by atoms with van der Waals surface area (Å²) in [5, 5.41) is 0. The Kier molecular flexibility index (Phi) is 4.68. The van der Waals surface area contributed by atoms with Crippen molar-refractivity contribution < 1.29 is 0 Å². The molecule has 3 nitrogen and oxygen atoms in total. The largest absolute Gasteiger partial charge is 0.329 e. The van der Waals surface area contributed by atoms with Gasteiger partial charge >= 0.3 is 0 Å². The van der Waals surface area contributed by atoms with Gasteiger partial charge < -0.3 is 10.6 Å². The maximum absolute atomic E-state index is 6.21. The van der Waals surface area contributed by atoms with Gasteiger partial charge in [-0.1, -0.05) is 13.3 Å². The van der Waals surface area contributed by atoms with E-state index in [1.807, 2.05) is 0 Å². The highest BCUT2D eigenvalue weighted by atomic mass is 15.2. The SMILES string of the molecule is CC1CCCC1(CN)N1CCC(CN2CCCC2)CC1. The second-order valence-electron chi connectivity index (χ2n) is 7.54. The quantitative estimate of drug-likeness (QED) is 0.857. The predicted molar refractivity (Wildman–Crippen MR) is 84.8 cm³/mol. The third-order valence-corrected chi connectivity index (χ3v) is 6.48. The first-order valence-corrected chi connectivity index (χ1v) is 8.92. The zero-order valence-electron chi connectivity index (χ0n) is 13.3. The van der Waals surface area contributed by atoms with Crippen molar-refractivity contribution in [3.8, 4) is 0 Å². The summed E-state index contributed by atoms with van der Waals surface area (Å²) in [6, 6.07) is 0. The minimum atomic E-state index is 0.346. The van der Waals surface area contributed by atoms with E-state index < -0.39 is 0 Å². The van der Waals surface area contributed by atoms with Gasteiger partial charge in [0.15, 0.2) is 0 Å². The molecule has 1 saturated carbocycles. The maximum Gasteiger partial charge on any atom is 0.0357 e. The minimum absolute atomic E-state index is 0.346. The van der Waals surface area contributed by atoms with Gasteiger partial charge in [0.25, 0.3) is 0 Å². The lowest BCUT2D eigenvalue weighted by Crippen LogP contribution is -2.58. The summed E-state index contributed by atoms with van der Waals surface area (Å²) >= 11 is 0. The van der Waals surface area contributed by atoms with Gasteiger partial charge in [-0.15, -0.1) is 0 Å². The summed E-state index contributed by atoms with van der Waals surface area (Å²) in [4.78, 5) is 5.46. The van der Waals surface area contributed by atoms with Crippen LogP contribution in [0.1, 0.15) is 51.9 Å². The number of likely N-dealkylation sites (tertiary alicyclic amines) is 2. The van der Waals surface area contributed by atoms with Gasteiger partial charge in [0.05, 0.1) is 0 Å². The zero-order valence-corrected chi connectivity index (χ0v) is 13.3. The molecule has 0 aromatic carbocycles. The van der Waals surface area contributed by atoms with Gasteiger partial charge in [-0.25, -0.2) is 0 Å². The van der Waals surface area contributed by atoms with Crippen molar-refractivity contribution in [1.82, 2.24) is 9.80 Å². The molecule has 3 rings (SSSR count). The maximum atomic E-state index is 6.21. The topological polar surface area (TPSA) is 32.5 Å². The molecule has 1 aliphatic carbocycles. The van der Waals surface area contributed by atoms with E-state index in [0.29, 0.717) is 5.54 Å². The van der Waals surface area contributed by atoms with Crippen molar-refractivity contribution in [3.05, 3.63) is 0 Å². The molecule has 2 N–H and O–H groups in total. The summed E-state index contributed by atoms with van der Waals surface area (Å²) in [6.45, 7) is 9.94. The zero-order chi connectivity index (χ0) is 14.0. The Morgan fingerprint density at radius 2 is 1.70 bits per heavy atom. The Labute approximate surface area is 124 Å². The molecule has 3 heteroatoms. The Hall–Kier alpha value is -0.120. The lowest BCUT2D eigenvalue weighted by Gasteiger charge is -2.47. The van der Waals surface area contributed by atoms with Gasteiger partial charge in [0, 0.05) is 18.6 Å². The fraction of sp³-hybridized carbons (Fsp3) is 1.00. The van der Waals surface area contributed by atoms with Crippen LogP contribution in [0, 0.1) is 11.8 Å².